The second kappa shape index (κ2) is 8.20. The fourth-order valence-electron chi connectivity index (χ4n) is 3.25. The smallest absolute Gasteiger partial charge is 0.249 e. The minimum absolute atomic E-state index is 0.0665. The highest BCUT2D eigenvalue weighted by atomic mass is 16.5. The number of para-hydroxylation sites is 1. The SMILES string of the molecule is COc1ccccc1-c1nc(NC(=O)[C@H]2CCCN(C(=O)C(C)C)C2)n[nH]1. The Morgan fingerprint density at radius 3 is 2.85 bits per heavy atom. The third-order valence-electron chi connectivity index (χ3n) is 4.68. The first kappa shape index (κ1) is 18.9. The highest BCUT2D eigenvalue weighted by molar-refractivity contribution is 5.92. The Labute approximate surface area is 158 Å². The fourth-order valence-corrected chi connectivity index (χ4v) is 3.25. The van der Waals surface area contributed by atoms with Gasteiger partial charge in [0.15, 0.2) is 5.82 Å². The Hall–Kier alpha value is -2.90. The predicted octanol–water partition coefficient (Wildman–Crippen LogP) is 2.31. The molecule has 1 aliphatic rings. The fraction of sp³-hybridized carbons (Fsp3) is 0.474. The standard InChI is InChI=1S/C19H25N5O3/c1-12(2)18(26)24-10-6-7-13(11-24)17(25)21-19-20-16(22-23-19)14-8-4-5-9-15(14)27-3/h4-5,8-9,12-13H,6-7,10-11H2,1-3H3,(H2,20,21,22,23,25)/t13-/m0/s1. The Kier molecular flexibility index (Phi) is 5.73. The van der Waals surface area contributed by atoms with Gasteiger partial charge in [-0.3, -0.25) is 20.0 Å². The maximum atomic E-state index is 12.6. The quantitative estimate of drug-likeness (QED) is 0.840. The van der Waals surface area contributed by atoms with Crippen LogP contribution in [0.5, 0.6) is 5.75 Å². The van der Waals surface area contributed by atoms with Gasteiger partial charge >= 0.3 is 0 Å². The summed E-state index contributed by atoms with van der Waals surface area (Å²) in [6.07, 6.45) is 1.56. The summed E-state index contributed by atoms with van der Waals surface area (Å²) in [5.41, 5.74) is 0.763. The summed E-state index contributed by atoms with van der Waals surface area (Å²) >= 11 is 0. The van der Waals surface area contributed by atoms with Gasteiger partial charge in [-0.25, -0.2) is 0 Å². The van der Waals surface area contributed by atoms with Crippen LogP contribution >= 0.6 is 0 Å². The van der Waals surface area contributed by atoms with E-state index in [9.17, 15) is 9.59 Å². The van der Waals surface area contributed by atoms with E-state index < -0.39 is 0 Å². The molecular formula is C19H25N5O3. The predicted molar refractivity (Wildman–Crippen MR) is 101 cm³/mol. The molecule has 1 aromatic carbocycles. The highest BCUT2D eigenvalue weighted by Crippen LogP contribution is 2.27. The van der Waals surface area contributed by atoms with E-state index in [4.69, 9.17) is 4.74 Å². The molecular weight excluding hydrogens is 346 g/mol. The number of aromatic nitrogens is 3. The number of nitrogens with one attached hydrogen (secondary N) is 2. The van der Waals surface area contributed by atoms with E-state index in [2.05, 4.69) is 20.5 Å². The maximum absolute atomic E-state index is 12.6. The number of nitrogens with zero attached hydrogens (tertiary/aromatic N) is 3. The van der Waals surface area contributed by atoms with E-state index >= 15 is 0 Å². The normalized spacial score (nSPS) is 17.0. The van der Waals surface area contributed by atoms with Crippen LogP contribution in [-0.4, -0.2) is 52.1 Å². The molecule has 144 valence electrons. The molecule has 1 atom stereocenters. The lowest BCUT2D eigenvalue weighted by Gasteiger charge is -2.32. The zero-order valence-corrected chi connectivity index (χ0v) is 15.9. The number of amides is 2. The molecule has 0 bridgehead atoms. The molecule has 2 heterocycles. The topological polar surface area (TPSA) is 100 Å². The highest BCUT2D eigenvalue weighted by Gasteiger charge is 2.29. The Balaban J connectivity index is 1.66. The van der Waals surface area contributed by atoms with Crippen molar-refractivity contribution < 1.29 is 14.3 Å². The van der Waals surface area contributed by atoms with E-state index in [0.29, 0.717) is 24.7 Å². The van der Waals surface area contributed by atoms with Gasteiger partial charge in [-0.2, -0.15) is 4.98 Å². The minimum Gasteiger partial charge on any atom is -0.496 e. The van der Waals surface area contributed by atoms with Crippen LogP contribution < -0.4 is 10.1 Å². The molecule has 0 unspecified atom stereocenters. The van der Waals surface area contributed by atoms with Crippen molar-refractivity contribution in [2.75, 3.05) is 25.5 Å². The zero-order valence-electron chi connectivity index (χ0n) is 15.9. The molecule has 2 N–H and O–H groups in total. The molecule has 0 radical (unpaired) electrons. The number of carbonyl (C=O) groups is 2. The first-order chi connectivity index (χ1) is 13.0. The number of methoxy groups -OCH3 is 1. The summed E-state index contributed by atoms with van der Waals surface area (Å²) in [7, 11) is 1.59. The maximum Gasteiger partial charge on any atom is 0.249 e. The van der Waals surface area contributed by atoms with Gasteiger partial charge < -0.3 is 9.64 Å². The lowest BCUT2D eigenvalue weighted by Crippen LogP contribution is -2.45. The zero-order chi connectivity index (χ0) is 19.4. The summed E-state index contributed by atoms with van der Waals surface area (Å²) in [6, 6.07) is 7.44. The van der Waals surface area contributed by atoms with Crippen molar-refractivity contribution in [1.82, 2.24) is 20.1 Å². The minimum atomic E-state index is -0.255. The number of benzene rings is 1. The number of rotatable bonds is 5. The molecule has 0 saturated carbocycles. The van der Waals surface area contributed by atoms with E-state index in [-0.39, 0.29) is 29.6 Å². The van der Waals surface area contributed by atoms with E-state index in [1.54, 1.807) is 12.0 Å². The van der Waals surface area contributed by atoms with Gasteiger partial charge in [0.1, 0.15) is 5.75 Å². The van der Waals surface area contributed by atoms with E-state index in [0.717, 1.165) is 18.4 Å². The van der Waals surface area contributed by atoms with Crippen molar-refractivity contribution in [3.63, 3.8) is 0 Å². The molecule has 3 rings (SSSR count). The Morgan fingerprint density at radius 2 is 2.11 bits per heavy atom. The Bertz CT molecular complexity index is 817. The van der Waals surface area contributed by atoms with Crippen LogP contribution in [0.25, 0.3) is 11.4 Å². The summed E-state index contributed by atoms with van der Waals surface area (Å²) in [5, 5.41) is 9.66. The third-order valence-corrected chi connectivity index (χ3v) is 4.68. The second-order valence-corrected chi connectivity index (χ2v) is 6.98. The van der Waals surface area contributed by atoms with Crippen molar-refractivity contribution in [3.05, 3.63) is 24.3 Å². The summed E-state index contributed by atoms with van der Waals surface area (Å²) in [5.74, 6) is 1.00. The lowest BCUT2D eigenvalue weighted by atomic mass is 9.96. The first-order valence-electron chi connectivity index (χ1n) is 9.15. The number of carbonyl (C=O) groups excluding carboxylic acids is 2. The van der Waals surface area contributed by atoms with Crippen LogP contribution in [0, 0.1) is 11.8 Å². The second-order valence-electron chi connectivity index (χ2n) is 6.98. The summed E-state index contributed by atoms with van der Waals surface area (Å²) in [4.78, 5) is 30.9. The van der Waals surface area contributed by atoms with Crippen molar-refractivity contribution >= 4 is 17.8 Å². The molecule has 1 saturated heterocycles. The van der Waals surface area contributed by atoms with Gasteiger partial charge in [-0.15, -0.1) is 5.10 Å². The molecule has 1 fully saturated rings. The number of piperidine rings is 1. The summed E-state index contributed by atoms with van der Waals surface area (Å²) in [6.45, 7) is 4.89. The van der Waals surface area contributed by atoms with Crippen LogP contribution in [0.2, 0.25) is 0 Å². The lowest BCUT2D eigenvalue weighted by molar-refractivity contribution is -0.137. The van der Waals surface area contributed by atoms with E-state index in [1.165, 1.54) is 0 Å². The van der Waals surface area contributed by atoms with Crippen molar-refractivity contribution in [2.45, 2.75) is 26.7 Å². The number of ether oxygens (including phenoxy) is 1. The van der Waals surface area contributed by atoms with Crippen molar-refractivity contribution in [2.24, 2.45) is 11.8 Å². The van der Waals surface area contributed by atoms with Crippen molar-refractivity contribution in [1.29, 1.82) is 0 Å². The number of anilines is 1. The Morgan fingerprint density at radius 1 is 1.33 bits per heavy atom. The number of hydrogen-bond acceptors (Lipinski definition) is 5. The monoisotopic (exact) mass is 371 g/mol. The van der Waals surface area contributed by atoms with Crippen LogP contribution in [0.4, 0.5) is 5.95 Å². The van der Waals surface area contributed by atoms with Gasteiger partial charge in [0.25, 0.3) is 0 Å². The molecule has 2 aromatic rings. The van der Waals surface area contributed by atoms with Crippen molar-refractivity contribution in [3.8, 4) is 17.1 Å². The molecule has 27 heavy (non-hydrogen) atoms. The van der Waals surface area contributed by atoms with Gasteiger partial charge in [-0.1, -0.05) is 26.0 Å². The molecule has 0 spiro atoms. The molecule has 8 nitrogen and oxygen atoms in total. The first-order valence-corrected chi connectivity index (χ1v) is 9.15. The van der Waals surface area contributed by atoms with Gasteiger partial charge in [0.05, 0.1) is 18.6 Å². The third kappa shape index (κ3) is 4.27. The number of likely N-dealkylation sites (tertiary alicyclic amines) is 1. The number of H-pyrrole nitrogens is 1. The molecule has 0 aliphatic carbocycles. The van der Waals surface area contributed by atoms with Crippen LogP contribution in [0.3, 0.4) is 0 Å². The number of aromatic amines is 1. The molecule has 8 heteroatoms. The van der Waals surface area contributed by atoms with Gasteiger partial charge in [0, 0.05) is 19.0 Å². The number of hydrogen-bond donors (Lipinski definition) is 2. The summed E-state index contributed by atoms with van der Waals surface area (Å²) < 4.78 is 5.33. The molecule has 1 aromatic heterocycles. The average molecular weight is 371 g/mol. The molecule has 2 amide bonds. The largest absolute Gasteiger partial charge is 0.496 e. The molecule has 1 aliphatic heterocycles. The van der Waals surface area contributed by atoms with E-state index in [1.807, 2.05) is 38.1 Å². The average Bonchev–Trinajstić information content (AvgIpc) is 3.15. The van der Waals surface area contributed by atoms with Gasteiger partial charge in [-0.05, 0) is 25.0 Å². The van der Waals surface area contributed by atoms with Crippen LogP contribution in [0.15, 0.2) is 24.3 Å². The van der Waals surface area contributed by atoms with Gasteiger partial charge in [0.2, 0.25) is 17.8 Å². The van der Waals surface area contributed by atoms with Crippen LogP contribution in [-0.2, 0) is 9.59 Å². The van der Waals surface area contributed by atoms with Crippen LogP contribution in [0.1, 0.15) is 26.7 Å².